The van der Waals surface area contributed by atoms with E-state index in [1.165, 1.54) is 24.3 Å². The number of fused-ring (bicyclic) bond motifs is 1. The fourth-order valence-corrected chi connectivity index (χ4v) is 3.47. The molecule has 0 saturated carbocycles. The van der Waals surface area contributed by atoms with Crippen LogP contribution in [0.5, 0.6) is 11.5 Å². The first kappa shape index (κ1) is 15.8. The van der Waals surface area contributed by atoms with Crippen molar-refractivity contribution in [3.8, 4) is 11.5 Å². The Bertz CT molecular complexity index is 895. The third-order valence-electron chi connectivity index (χ3n) is 3.26. The Morgan fingerprint density at radius 1 is 1.00 bits per heavy atom. The highest BCUT2D eigenvalue weighted by molar-refractivity contribution is 7.89. The van der Waals surface area contributed by atoms with Crippen molar-refractivity contribution >= 4 is 20.7 Å². The number of nitrogens with one attached hydrogen (secondary N) is 1. The van der Waals surface area contributed by atoms with E-state index in [9.17, 15) is 16.8 Å². The van der Waals surface area contributed by atoms with Gasteiger partial charge in [0, 0.05) is 6.54 Å². The molecule has 0 spiro atoms. The maximum atomic E-state index is 12.2. The number of benzene rings is 2. The number of hydrogen-bond donors (Lipinski definition) is 2. The predicted octanol–water partition coefficient (Wildman–Crippen LogP) is 0.864. The molecule has 0 unspecified atom stereocenters. The summed E-state index contributed by atoms with van der Waals surface area (Å²) in [5.74, 6) is 1.20. The highest BCUT2D eigenvalue weighted by Crippen LogP contribution is 2.32. The van der Waals surface area contributed by atoms with Crippen LogP contribution in [0.25, 0.3) is 0 Å². The van der Waals surface area contributed by atoms with Crippen LogP contribution in [0.15, 0.2) is 52.3 Å². The third kappa shape index (κ3) is 3.46. The maximum Gasteiger partial charge on any atom is 0.240 e. The molecular formula is C14H13NO6S2. The molecule has 2 aromatic carbocycles. The van der Waals surface area contributed by atoms with Crippen molar-refractivity contribution in [1.82, 2.24) is 4.72 Å². The first-order valence-electron chi connectivity index (χ1n) is 6.58. The van der Waals surface area contributed by atoms with Crippen molar-refractivity contribution in [3.05, 3.63) is 48.0 Å². The highest BCUT2D eigenvalue weighted by Gasteiger charge is 2.16. The number of hydrogen-bond acceptors (Lipinski definition) is 6. The minimum Gasteiger partial charge on any atom is -0.454 e. The Kier molecular flexibility index (Phi) is 4.24. The van der Waals surface area contributed by atoms with Crippen LogP contribution in [0.1, 0.15) is 5.56 Å². The molecule has 1 N–H and O–H groups in total. The highest BCUT2D eigenvalue weighted by atomic mass is 32.2. The minimum absolute atomic E-state index is 0.00107. The molecule has 1 aliphatic rings. The Morgan fingerprint density at radius 3 is 2.39 bits per heavy atom. The number of thiol groups is 1. The Labute approximate surface area is 134 Å². The molecule has 1 aliphatic heterocycles. The summed E-state index contributed by atoms with van der Waals surface area (Å²) in [6.07, 6.45) is 0. The van der Waals surface area contributed by atoms with Gasteiger partial charge in [-0.1, -0.05) is 6.07 Å². The lowest BCUT2D eigenvalue weighted by atomic mass is 10.2. The van der Waals surface area contributed by atoms with Gasteiger partial charge >= 0.3 is 0 Å². The zero-order chi connectivity index (χ0) is 16.4. The normalized spacial score (nSPS) is 13.4. The lowest BCUT2D eigenvalue weighted by Gasteiger charge is -2.07. The third-order valence-corrected chi connectivity index (χ3v) is 5.40. The molecule has 0 aliphatic carbocycles. The molecule has 0 atom stereocenters. The van der Waals surface area contributed by atoms with Crippen LogP contribution in [0.3, 0.4) is 0 Å². The van der Waals surface area contributed by atoms with E-state index in [0.717, 1.165) is 5.56 Å². The van der Waals surface area contributed by atoms with E-state index in [0.29, 0.717) is 11.5 Å². The van der Waals surface area contributed by atoms with Crippen molar-refractivity contribution < 1.29 is 26.3 Å². The van der Waals surface area contributed by atoms with E-state index < -0.39 is 20.7 Å². The van der Waals surface area contributed by atoms with Crippen LogP contribution in [0, 0.1) is 0 Å². The van der Waals surface area contributed by atoms with Gasteiger partial charge in [-0.25, -0.2) is 21.6 Å². The van der Waals surface area contributed by atoms with E-state index in [-0.39, 0.29) is 23.1 Å². The van der Waals surface area contributed by atoms with Crippen LogP contribution >= 0.6 is 0 Å². The average Bonchev–Trinajstić information content (AvgIpc) is 3.01. The fourth-order valence-electron chi connectivity index (χ4n) is 2.06. The lowest BCUT2D eigenvalue weighted by molar-refractivity contribution is 0.174. The van der Waals surface area contributed by atoms with Crippen LogP contribution in [0.4, 0.5) is 0 Å². The monoisotopic (exact) mass is 355 g/mol. The second kappa shape index (κ2) is 6.19. The van der Waals surface area contributed by atoms with Crippen LogP contribution < -0.4 is 14.2 Å². The SMILES string of the molecule is O=[SH](=O)c1ccc(S(=O)(=O)NCc2ccc3c(c2)OCO3)cc1. The summed E-state index contributed by atoms with van der Waals surface area (Å²) in [7, 11) is -6.47. The Balaban J connectivity index is 1.73. The van der Waals surface area contributed by atoms with E-state index in [2.05, 4.69) is 4.72 Å². The molecule has 0 saturated heterocycles. The zero-order valence-electron chi connectivity index (χ0n) is 11.8. The van der Waals surface area contributed by atoms with Gasteiger partial charge in [-0.3, -0.25) is 0 Å². The molecule has 122 valence electrons. The second-order valence-electron chi connectivity index (χ2n) is 4.76. The summed E-state index contributed by atoms with van der Waals surface area (Å²) in [5.41, 5.74) is 0.720. The van der Waals surface area contributed by atoms with Crippen LogP contribution in [-0.2, 0) is 27.3 Å². The van der Waals surface area contributed by atoms with Gasteiger partial charge in [0.25, 0.3) is 0 Å². The molecule has 23 heavy (non-hydrogen) atoms. The molecule has 0 radical (unpaired) electrons. The molecule has 0 fully saturated rings. The topological polar surface area (TPSA) is 98.8 Å². The summed E-state index contributed by atoms with van der Waals surface area (Å²) < 4.78 is 58.9. The van der Waals surface area contributed by atoms with Crippen LogP contribution in [-0.4, -0.2) is 23.6 Å². The number of rotatable bonds is 5. The van der Waals surface area contributed by atoms with Gasteiger partial charge < -0.3 is 9.47 Å². The number of ether oxygens (including phenoxy) is 2. The largest absolute Gasteiger partial charge is 0.454 e. The summed E-state index contributed by atoms with van der Waals surface area (Å²) in [6.45, 7) is 0.232. The van der Waals surface area contributed by atoms with Gasteiger partial charge in [0.05, 0.1) is 9.79 Å². The van der Waals surface area contributed by atoms with Gasteiger partial charge in [0.1, 0.15) is 0 Å². The molecule has 0 bridgehead atoms. The molecule has 9 heteroatoms. The van der Waals surface area contributed by atoms with E-state index in [1.54, 1.807) is 18.2 Å². The maximum absolute atomic E-state index is 12.2. The van der Waals surface area contributed by atoms with Gasteiger partial charge in [-0.2, -0.15) is 0 Å². The summed E-state index contributed by atoms with van der Waals surface area (Å²) in [5, 5.41) is 0. The Morgan fingerprint density at radius 2 is 1.70 bits per heavy atom. The first-order valence-corrected chi connectivity index (χ1v) is 9.24. The van der Waals surface area contributed by atoms with Crippen molar-refractivity contribution in [2.24, 2.45) is 0 Å². The van der Waals surface area contributed by atoms with Gasteiger partial charge in [0.2, 0.25) is 16.8 Å². The molecule has 0 aromatic heterocycles. The second-order valence-corrected chi connectivity index (χ2v) is 7.56. The van der Waals surface area contributed by atoms with Crippen molar-refractivity contribution in [3.63, 3.8) is 0 Å². The zero-order valence-corrected chi connectivity index (χ0v) is 13.5. The van der Waals surface area contributed by atoms with Crippen LogP contribution in [0.2, 0.25) is 0 Å². The fraction of sp³-hybridized carbons (Fsp3) is 0.143. The van der Waals surface area contributed by atoms with Gasteiger partial charge in [-0.15, -0.1) is 0 Å². The molecule has 0 amide bonds. The molecule has 1 heterocycles. The van der Waals surface area contributed by atoms with E-state index in [1.807, 2.05) is 0 Å². The molecule has 3 rings (SSSR count). The Hall–Kier alpha value is -2.10. The molecular weight excluding hydrogens is 342 g/mol. The van der Waals surface area contributed by atoms with Crippen molar-refractivity contribution in [1.29, 1.82) is 0 Å². The first-order chi connectivity index (χ1) is 11.0. The van der Waals surface area contributed by atoms with Gasteiger partial charge in [-0.05, 0) is 42.0 Å². The predicted molar refractivity (Wildman–Crippen MR) is 81.6 cm³/mol. The standard InChI is InChI=1S/C14H13NO6S2/c16-22(17)11-2-4-12(5-3-11)23(18,19)15-8-10-1-6-13-14(7-10)21-9-20-13/h1-7,15,22H,8-9H2. The van der Waals surface area contributed by atoms with Gasteiger partial charge in [0.15, 0.2) is 22.2 Å². The van der Waals surface area contributed by atoms with Crippen molar-refractivity contribution in [2.45, 2.75) is 16.3 Å². The summed E-state index contributed by atoms with van der Waals surface area (Å²) in [4.78, 5) is 0.0635. The number of sulfonamides is 1. The smallest absolute Gasteiger partial charge is 0.240 e. The minimum atomic E-state index is -3.73. The summed E-state index contributed by atoms with van der Waals surface area (Å²) >= 11 is 0. The summed E-state index contributed by atoms with van der Waals surface area (Å²) in [6, 6.07) is 10.2. The van der Waals surface area contributed by atoms with E-state index in [4.69, 9.17) is 9.47 Å². The van der Waals surface area contributed by atoms with E-state index >= 15 is 0 Å². The average molecular weight is 355 g/mol. The molecule has 2 aromatic rings. The molecule has 7 nitrogen and oxygen atoms in total. The lowest BCUT2D eigenvalue weighted by Crippen LogP contribution is -2.23. The quantitative estimate of drug-likeness (QED) is 0.772. The van der Waals surface area contributed by atoms with Crippen molar-refractivity contribution in [2.75, 3.05) is 6.79 Å².